The van der Waals surface area contributed by atoms with Crippen molar-refractivity contribution in [3.8, 4) is 0 Å². The van der Waals surface area contributed by atoms with Gasteiger partial charge in [-0.2, -0.15) is 0 Å². The maximum atomic E-state index is 14.0. The molecule has 1 unspecified atom stereocenters. The van der Waals surface area contributed by atoms with Gasteiger partial charge in [-0.3, -0.25) is 0 Å². The Kier molecular flexibility index (Phi) is 4.37. The quantitative estimate of drug-likeness (QED) is 0.912. The SMILES string of the molecule is CCN1CCN(c2c(F)cc(C(C)O)cc2F)CC1. The van der Waals surface area contributed by atoms with Gasteiger partial charge in [0.2, 0.25) is 0 Å². The largest absolute Gasteiger partial charge is 0.389 e. The lowest BCUT2D eigenvalue weighted by atomic mass is 10.1. The highest BCUT2D eigenvalue weighted by molar-refractivity contribution is 5.51. The Morgan fingerprint density at radius 3 is 2.11 bits per heavy atom. The minimum Gasteiger partial charge on any atom is -0.389 e. The third kappa shape index (κ3) is 3.04. The molecule has 1 aliphatic rings. The van der Waals surface area contributed by atoms with E-state index in [1.165, 1.54) is 19.1 Å². The van der Waals surface area contributed by atoms with Crippen molar-refractivity contribution >= 4 is 5.69 Å². The molecular weight excluding hydrogens is 250 g/mol. The molecular formula is C14H20F2N2O. The Bertz CT molecular complexity index is 420. The van der Waals surface area contributed by atoms with Crippen molar-refractivity contribution in [2.45, 2.75) is 20.0 Å². The molecule has 5 heteroatoms. The fourth-order valence-electron chi connectivity index (χ4n) is 2.42. The lowest BCUT2D eigenvalue weighted by Crippen LogP contribution is -2.46. The summed E-state index contributed by atoms with van der Waals surface area (Å²) in [6, 6.07) is 2.44. The monoisotopic (exact) mass is 270 g/mol. The first-order valence-corrected chi connectivity index (χ1v) is 6.67. The topological polar surface area (TPSA) is 26.7 Å². The van der Waals surface area contributed by atoms with Crippen LogP contribution in [-0.2, 0) is 0 Å². The highest BCUT2D eigenvalue weighted by Gasteiger charge is 2.22. The first kappa shape index (κ1) is 14.2. The van der Waals surface area contributed by atoms with Crippen molar-refractivity contribution in [1.29, 1.82) is 0 Å². The number of rotatable bonds is 3. The van der Waals surface area contributed by atoms with Gasteiger partial charge in [-0.05, 0) is 31.2 Å². The number of hydrogen-bond acceptors (Lipinski definition) is 3. The second-order valence-electron chi connectivity index (χ2n) is 4.93. The molecule has 1 saturated heterocycles. The van der Waals surface area contributed by atoms with Crippen LogP contribution in [0.4, 0.5) is 14.5 Å². The summed E-state index contributed by atoms with van der Waals surface area (Å²) in [6.45, 7) is 7.40. The third-order valence-electron chi connectivity index (χ3n) is 3.66. The second kappa shape index (κ2) is 5.84. The van der Waals surface area contributed by atoms with Gasteiger partial charge in [-0.25, -0.2) is 8.78 Å². The van der Waals surface area contributed by atoms with Crippen molar-refractivity contribution < 1.29 is 13.9 Å². The minimum atomic E-state index is -0.866. The van der Waals surface area contributed by atoms with E-state index in [4.69, 9.17) is 0 Å². The molecule has 0 bridgehead atoms. The molecule has 3 nitrogen and oxygen atoms in total. The summed E-state index contributed by atoms with van der Waals surface area (Å²) in [5.74, 6) is -1.19. The Hall–Kier alpha value is -1.20. The maximum absolute atomic E-state index is 14.0. The lowest BCUT2D eigenvalue weighted by molar-refractivity contribution is 0.198. The van der Waals surface area contributed by atoms with E-state index in [1.807, 2.05) is 0 Å². The predicted molar refractivity (Wildman–Crippen MR) is 71.3 cm³/mol. The van der Waals surface area contributed by atoms with Gasteiger partial charge in [-0.1, -0.05) is 6.92 Å². The first-order valence-electron chi connectivity index (χ1n) is 6.67. The molecule has 1 aromatic rings. The Balaban J connectivity index is 2.21. The van der Waals surface area contributed by atoms with E-state index in [1.54, 1.807) is 4.90 Å². The van der Waals surface area contributed by atoms with Crippen LogP contribution in [0.3, 0.4) is 0 Å². The normalized spacial score (nSPS) is 18.7. The van der Waals surface area contributed by atoms with Crippen LogP contribution < -0.4 is 4.90 Å². The molecule has 2 rings (SSSR count). The van der Waals surface area contributed by atoms with Crippen molar-refractivity contribution in [2.24, 2.45) is 0 Å². The fourth-order valence-corrected chi connectivity index (χ4v) is 2.42. The van der Waals surface area contributed by atoms with Gasteiger partial charge < -0.3 is 14.9 Å². The van der Waals surface area contributed by atoms with Gasteiger partial charge in [0.1, 0.15) is 17.3 Å². The first-order chi connectivity index (χ1) is 9.02. The van der Waals surface area contributed by atoms with Gasteiger partial charge >= 0.3 is 0 Å². The Morgan fingerprint density at radius 2 is 1.68 bits per heavy atom. The molecule has 106 valence electrons. The van der Waals surface area contributed by atoms with Crippen LogP contribution in [-0.4, -0.2) is 42.7 Å². The molecule has 0 aliphatic carbocycles. The average molecular weight is 270 g/mol. The van der Waals surface area contributed by atoms with Gasteiger partial charge in [0.25, 0.3) is 0 Å². The summed E-state index contributed by atoms with van der Waals surface area (Å²) in [7, 11) is 0. The second-order valence-corrected chi connectivity index (χ2v) is 4.93. The molecule has 1 aliphatic heterocycles. The lowest BCUT2D eigenvalue weighted by Gasteiger charge is -2.35. The highest BCUT2D eigenvalue weighted by atomic mass is 19.1. The van der Waals surface area contributed by atoms with E-state index in [2.05, 4.69) is 11.8 Å². The molecule has 1 heterocycles. The molecule has 0 amide bonds. The summed E-state index contributed by atoms with van der Waals surface area (Å²) in [6.07, 6.45) is -0.866. The number of hydrogen-bond donors (Lipinski definition) is 1. The average Bonchev–Trinajstić information content (AvgIpc) is 2.38. The van der Waals surface area contributed by atoms with Crippen molar-refractivity contribution in [3.63, 3.8) is 0 Å². The molecule has 0 saturated carbocycles. The summed E-state index contributed by atoms with van der Waals surface area (Å²) >= 11 is 0. The van der Waals surface area contributed by atoms with Crippen LogP contribution in [0, 0.1) is 11.6 Å². The molecule has 1 fully saturated rings. The zero-order chi connectivity index (χ0) is 14.0. The Morgan fingerprint density at radius 1 is 1.16 bits per heavy atom. The smallest absolute Gasteiger partial charge is 0.149 e. The maximum Gasteiger partial charge on any atom is 0.149 e. The van der Waals surface area contributed by atoms with E-state index in [0.29, 0.717) is 13.1 Å². The molecule has 19 heavy (non-hydrogen) atoms. The molecule has 0 spiro atoms. The van der Waals surface area contributed by atoms with Crippen LogP contribution in [0.25, 0.3) is 0 Å². The van der Waals surface area contributed by atoms with E-state index >= 15 is 0 Å². The van der Waals surface area contributed by atoms with Crippen LogP contribution in [0.2, 0.25) is 0 Å². The van der Waals surface area contributed by atoms with Gasteiger partial charge in [-0.15, -0.1) is 0 Å². The van der Waals surface area contributed by atoms with Crippen molar-refractivity contribution in [3.05, 3.63) is 29.3 Å². The Labute approximate surface area is 112 Å². The summed E-state index contributed by atoms with van der Waals surface area (Å²) in [5.41, 5.74) is 0.297. The molecule has 1 aromatic carbocycles. The van der Waals surface area contributed by atoms with Gasteiger partial charge in [0, 0.05) is 26.2 Å². The standard InChI is InChI=1S/C14H20F2N2O/c1-3-17-4-6-18(7-5-17)14-12(15)8-11(10(2)19)9-13(14)16/h8-10,19H,3-7H2,1-2H3. The van der Waals surface area contributed by atoms with Crippen molar-refractivity contribution in [1.82, 2.24) is 4.90 Å². The van der Waals surface area contributed by atoms with E-state index in [9.17, 15) is 13.9 Å². The minimum absolute atomic E-state index is 0.0279. The number of nitrogens with zero attached hydrogens (tertiary/aromatic N) is 2. The highest BCUT2D eigenvalue weighted by Crippen LogP contribution is 2.28. The van der Waals surface area contributed by atoms with E-state index in [0.717, 1.165) is 19.6 Å². The fraction of sp³-hybridized carbons (Fsp3) is 0.571. The van der Waals surface area contributed by atoms with Crippen LogP contribution in [0.15, 0.2) is 12.1 Å². The van der Waals surface area contributed by atoms with E-state index < -0.39 is 17.7 Å². The van der Waals surface area contributed by atoms with Gasteiger partial charge in [0.05, 0.1) is 6.10 Å². The zero-order valence-corrected chi connectivity index (χ0v) is 11.4. The van der Waals surface area contributed by atoms with Gasteiger partial charge in [0.15, 0.2) is 0 Å². The predicted octanol–water partition coefficient (Wildman–Crippen LogP) is 2.16. The number of benzene rings is 1. The summed E-state index contributed by atoms with van der Waals surface area (Å²) in [4.78, 5) is 3.99. The van der Waals surface area contributed by atoms with Crippen LogP contribution in [0.5, 0.6) is 0 Å². The number of aliphatic hydroxyl groups is 1. The molecule has 0 aromatic heterocycles. The number of piperazine rings is 1. The molecule has 1 atom stereocenters. The number of anilines is 1. The third-order valence-corrected chi connectivity index (χ3v) is 3.66. The number of halogens is 2. The van der Waals surface area contributed by atoms with Crippen LogP contribution >= 0.6 is 0 Å². The summed E-state index contributed by atoms with van der Waals surface area (Å²) in [5, 5.41) is 9.39. The van der Waals surface area contributed by atoms with E-state index in [-0.39, 0.29) is 11.3 Å². The zero-order valence-electron chi connectivity index (χ0n) is 11.4. The molecule has 0 radical (unpaired) electrons. The molecule has 1 N–H and O–H groups in total. The number of likely N-dealkylation sites (N-methyl/N-ethyl adjacent to an activating group) is 1. The number of aliphatic hydroxyl groups excluding tert-OH is 1. The van der Waals surface area contributed by atoms with Crippen LogP contribution in [0.1, 0.15) is 25.5 Å². The van der Waals surface area contributed by atoms with Crippen molar-refractivity contribution in [2.75, 3.05) is 37.6 Å². The summed E-state index contributed by atoms with van der Waals surface area (Å²) < 4.78 is 28.1.